The molecule has 0 atom stereocenters. The Morgan fingerprint density at radius 3 is 2.83 bits per heavy atom. The number of nitro groups is 1. The maximum Gasteiger partial charge on any atom is 0.271 e. The van der Waals surface area contributed by atoms with E-state index < -0.39 is 10.8 Å². The number of aromatic hydroxyl groups is 1. The smallest absolute Gasteiger partial charge is 0.271 e. The van der Waals surface area contributed by atoms with Crippen LogP contribution in [0.5, 0.6) is 11.5 Å². The van der Waals surface area contributed by atoms with Gasteiger partial charge < -0.3 is 9.84 Å². The van der Waals surface area contributed by atoms with Gasteiger partial charge in [0.25, 0.3) is 11.6 Å². The summed E-state index contributed by atoms with van der Waals surface area (Å²) in [6, 6.07) is 9.82. The molecule has 2 aromatic rings. The first-order chi connectivity index (χ1) is 11.0. The summed E-state index contributed by atoms with van der Waals surface area (Å²) in [7, 11) is 1.48. The predicted octanol–water partition coefficient (Wildman–Crippen LogP) is 2.07. The highest BCUT2D eigenvalue weighted by atomic mass is 16.6. The van der Waals surface area contributed by atoms with Crippen molar-refractivity contribution in [3.05, 3.63) is 63.7 Å². The molecule has 0 radical (unpaired) electrons. The largest absolute Gasteiger partial charge is 0.507 e. The van der Waals surface area contributed by atoms with E-state index in [0.717, 1.165) is 6.07 Å². The molecule has 2 N–H and O–H groups in total. The number of nitrogens with one attached hydrogen (secondary N) is 1. The number of non-ortho nitro benzene ring substituents is 1. The van der Waals surface area contributed by atoms with E-state index in [2.05, 4.69) is 10.5 Å². The Bertz CT molecular complexity index is 773. The van der Waals surface area contributed by atoms with Crippen LogP contribution in [0.1, 0.15) is 15.9 Å². The number of phenolic OH excluding ortho intramolecular Hbond substituents is 1. The van der Waals surface area contributed by atoms with Crippen LogP contribution in [-0.2, 0) is 0 Å². The zero-order chi connectivity index (χ0) is 16.8. The van der Waals surface area contributed by atoms with E-state index in [4.69, 9.17) is 4.74 Å². The van der Waals surface area contributed by atoms with E-state index in [1.54, 1.807) is 12.1 Å². The van der Waals surface area contributed by atoms with Crippen LogP contribution in [0.2, 0.25) is 0 Å². The molecule has 1 amide bonds. The van der Waals surface area contributed by atoms with Gasteiger partial charge in [-0.15, -0.1) is 0 Å². The zero-order valence-corrected chi connectivity index (χ0v) is 12.1. The summed E-state index contributed by atoms with van der Waals surface area (Å²) in [5.41, 5.74) is 2.50. The average molecular weight is 315 g/mol. The number of methoxy groups -OCH3 is 1. The van der Waals surface area contributed by atoms with E-state index in [0.29, 0.717) is 11.3 Å². The highest BCUT2D eigenvalue weighted by Gasteiger charge is 2.10. The van der Waals surface area contributed by atoms with Gasteiger partial charge in [0, 0.05) is 23.3 Å². The predicted molar refractivity (Wildman–Crippen MR) is 82.8 cm³/mol. The van der Waals surface area contributed by atoms with Crippen molar-refractivity contribution in [2.75, 3.05) is 7.11 Å². The van der Waals surface area contributed by atoms with Crippen LogP contribution in [0.25, 0.3) is 0 Å². The van der Waals surface area contributed by atoms with Crippen LogP contribution in [0, 0.1) is 10.1 Å². The second kappa shape index (κ2) is 7.03. The third-order valence-corrected chi connectivity index (χ3v) is 2.92. The maximum atomic E-state index is 11.9. The Hall–Kier alpha value is -3.42. The molecule has 0 unspecified atom stereocenters. The van der Waals surface area contributed by atoms with E-state index in [-0.39, 0.29) is 17.0 Å². The van der Waals surface area contributed by atoms with Crippen LogP contribution < -0.4 is 10.2 Å². The van der Waals surface area contributed by atoms with Crippen molar-refractivity contribution in [2.45, 2.75) is 0 Å². The number of benzene rings is 2. The van der Waals surface area contributed by atoms with Crippen LogP contribution in [0.3, 0.4) is 0 Å². The third kappa shape index (κ3) is 4.03. The van der Waals surface area contributed by atoms with Gasteiger partial charge in [0.1, 0.15) is 11.5 Å². The molecule has 0 saturated carbocycles. The molecule has 0 aromatic heterocycles. The SMILES string of the molecule is COc1ccc(O)c(/C=N/NC(=O)c2cccc([N+](=O)[O-])c2)c1. The zero-order valence-electron chi connectivity index (χ0n) is 12.1. The summed E-state index contributed by atoms with van der Waals surface area (Å²) < 4.78 is 5.02. The van der Waals surface area contributed by atoms with Crippen molar-refractivity contribution in [3.63, 3.8) is 0 Å². The number of rotatable bonds is 5. The monoisotopic (exact) mass is 315 g/mol. The molecule has 0 aliphatic rings. The van der Waals surface area contributed by atoms with Crippen LogP contribution >= 0.6 is 0 Å². The van der Waals surface area contributed by atoms with E-state index in [1.165, 1.54) is 37.6 Å². The highest BCUT2D eigenvalue weighted by molar-refractivity contribution is 5.95. The molecule has 8 nitrogen and oxygen atoms in total. The van der Waals surface area contributed by atoms with Gasteiger partial charge in [0.2, 0.25) is 0 Å². The van der Waals surface area contributed by atoms with Crippen molar-refractivity contribution >= 4 is 17.8 Å². The highest BCUT2D eigenvalue weighted by Crippen LogP contribution is 2.21. The molecule has 2 rings (SSSR count). The number of hydrazone groups is 1. The summed E-state index contributed by atoms with van der Waals surface area (Å²) in [6.07, 6.45) is 1.24. The van der Waals surface area contributed by atoms with Gasteiger partial charge in [-0.1, -0.05) is 6.07 Å². The number of hydrogen-bond acceptors (Lipinski definition) is 6. The molecule has 118 valence electrons. The molecule has 23 heavy (non-hydrogen) atoms. The molecule has 2 aromatic carbocycles. The lowest BCUT2D eigenvalue weighted by atomic mass is 10.2. The number of carbonyl (C=O) groups is 1. The molecule has 0 aliphatic carbocycles. The molecule has 0 fully saturated rings. The molecule has 0 heterocycles. The minimum Gasteiger partial charge on any atom is -0.507 e. The van der Waals surface area contributed by atoms with E-state index in [9.17, 15) is 20.0 Å². The van der Waals surface area contributed by atoms with Crippen molar-refractivity contribution in [3.8, 4) is 11.5 Å². The van der Waals surface area contributed by atoms with Gasteiger partial charge in [-0.2, -0.15) is 5.10 Å². The normalized spacial score (nSPS) is 10.5. The molecule has 0 aliphatic heterocycles. The first-order valence-electron chi connectivity index (χ1n) is 6.46. The summed E-state index contributed by atoms with van der Waals surface area (Å²) >= 11 is 0. The molecular formula is C15H13N3O5. The number of ether oxygens (including phenoxy) is 1. The third-order valence-electron chi connectivity index (χ3n) is 2.92. The topological polar surface area (TPSA) is 114 Å². The van der Waals surface area contributed by atoms with Crippen LogP contribution in [-0.4, -0.2) is 29.3 Å². The molecular weight excluding hydrogens is 302 g/mol. The number of nitrogens with zero attached hydrogens (tertiary/aromatic N) is 2. The second-order valence-corrected chi connectivity index (χ2v) is 4.43. The van der Waals surface area contributed by atoms with E-state index >= 15 is 0 Å². The minimum absolute atomic E-state index is 0.0286. The van der Waals surface area contributed by atoms with Gasteiger partial charge in [-0.3, -0.25) is 14.9 Å². The Labute approximate surface area is 131 Å². The first-order valence-corrected chi connectivity index (χ1v) is 6.46. The molecule has 0 bridgehead atoms. The maximum absolute atomic E-state index is 11.9. The van der Waals surface area contributed by atoms with Crippen molar-refractivity contribution in [2.24, 2.45) is 5.10 Å². The fourth-order valence-corrected chi connectivity index (χ4v) is 1.75. The number of nitro benzene ring substituents is 1. The fourth-order valence-electron chi connectivity index (χ4n) is 1.75. The lowest BCUT2D eigenvalue weighted by Crippen LogP contribution is -2.17. The standard InChI is InChI=1S/C15H13N3O5/c1-23-13-5-6-14(19)11(8-13)9-16-17-15(20)10-3-2-4-12(7-10)18(21)22/h2-9,19H,1H3,(H,17,20)/b16-9+. The van der Waals surface area contributed by atoms with Gasteiger partial charge in [-0.05, 0) is 24.3 Å². The molecule has 0 spiro atoms. The molecule has 8 heteroatoms. The minimum atomic E-state index is -0.604. The fraction of sp³-hybridized carbons (Fsp3) is 0.0667. The van der Waals surface area contributed by atoms with Crippen molar-refractivity contribution in [1.82, 2.24) is 5.43 Å². The lowest BCUT2D eigenvalue weighted by molar-refractivity contribution is -0.384. The number of hydrogen-bond donors (Lipinski definition) is 2. The summed E-state index contributed by atoms with van der Waals surface area (Å²) in [5.74, 6) is -0.110. The quantitative estimate of drug-likeness (QED) is 0.498. The van der Waals surface area contributed by atoms with Gasteiger partial charge >= 0.3 is 0 Å². The van der Waals surface area contributed by atoms with Gasteiger partial charge in [0.05, 0.1) is 18.2 Å². The summed E-state index contributed by atoms with van der Waals surface area (Å²) in [5, 5.41) is 24.1. The second-order valence-electron chi connectivity index (χ2n) is 4.43. The van der Waals surface area contributed by atoms with Crippen LogP contribution in [0.4, 0.5) is 5.69 Å². The Kier molecular flexibility index (Phi) is 4.88. The summed E-state index contributed by atoms with van der Waals surface area (Å²) in [4.78, 5) is 22.0. The van der Waals surface area contributed by atoms with Crippen molar-refractivity contribution in [1.29, 1.82) is 0 Å². The van der Waals surface area contributed by atoms with Gasteiger partial charge in [0.15, 0.2) is 0 Å². The number of phenols is 1. The van der Waals surface area contributed by atoms with E-state index in [1.807, 2.05) is 0 Å². The first kappa shape index (κ1) is 16.0. The molecule has 0 saturated heterocycles. The number of amides is 1. The Morgan fingerprint density at radius 2 is 2.13 bits per heavy atom. The Morgan fingerprint density at radius 1 is 1.35 bits per heavy atom. The van der Waals surface area contributed by atoms with Crippen LogP contribution in [0.15, 0.2) is 47.6 Å². The number of carbonyl (C=O) groups excluding carboxylic acids is 1. The Balaban J connectivity index is 2.10. The van der Waals surface area contributed by atoms with Crippen molar-refractivity contribution < 1.29 is 19.6 Å². The summed E-state index contributed by atoms with van der Waals surface area (Å²) in [6.45, 7) is 0. The van der Waals surface area contributed by atoms with Gasteiger partial charge in [-0.25, -0.2) is 5.43 Å². The lowest BCUT2D eigenvalue weighted by Gasteiger charge is -2.03. The average Bonchev–Trinajstić information content (AvgIpc) is 2.56.